The molecule has 1 nitrogen and oxygen atoms in total. The van der Waals surface area contributed by atoms with E-state index >= 15 is 0 Å². The van der Waals surface area contributed by atoms with Crippen LogP contribution in [0.25, 0.3) is 0 Å². The van der Waals surface area contributed by atoms with Crippen molar-refractivity contribution < 1.29 is 0 Å². The minimum Gasteiger partial charge on any atom is -0.311 e. The number of rotatable bonds is 3. The zero-order valence-corrected chi connectivity index (χ0v) is 12.6. The molecule has 0 aliphatic carbocycles. The minimum absolute atomic E-state index is 0.332. The van der Waals surface area contributed by atoms with Gasteiger partial charge in [-0.2, -0.15) is 0 Å². The molecular formula is C15H22BrN. The maximum Gasteiger partial charge on any atom is 0.0238 e. The fraction of sp³-hybridized carbons (Fsp3) is 0.600. The van der Waals surface area contributed by atoms with E-state index in [1.807, 2.05) is 0 Å². The Labute approximate surface area is 113 Å². The zero-order valence-electron chi connectivity index (χ0n) is 11.0. The van der Waals surface area contributed by atoms with E-state index in [1.165, 1.54) is 29.4 Å². The highest BCUT2D eigenvalue weighted by molar-refractivity contribution is 9.10. The summed E-state index contributed by atoms with van der Waals surface area (Å²) in [7, 11) is 0. The Morgan fingerprint density at radius 2 is 2.06 bits per heavy atom. The van der Waals surface area contributed by atoms with Crippen molar-refractivity contribution in [2.75, 3.05) is 6.54 Å². The Balaban J connectivity index is 2.09. The normalized spacial score (nSPS) is 24.5. The quantitative estimate of drug-likeness (QED) is 0.883. The van der Waals surface area contributed by atoms with E-state index in [1.54, 1.807) is 0 Å². The van der Waals surface area contributed by atoms with Crippen molar-refractivity contribution in [3.63, 3.8) is 0 Å². The maximum atomic E-state index is 3.67. The fourth-order valence-corrected chi connectivity index (χ4v) is 3.34. The lowest BCUT2D eigenvalue weighted by atomic mass is 9.71. The first-order valence-corrected chi connectivity index (χ1v) is 7.17. The first-order chi connectivity index (χ1) is 7.89. The second kappa shape index (κ2) is 4.74. The lowest BCUT2D eigenvalue weighted by Gasteiger charge is -2.47. The Hall–Kier alpha value is -0.340. The van der Waals surface area contributed by atoms with Gasteiger partial charge in [0.25, 0.3) is 0 Å². The van der Waals surface area contributed by atoms with Crippen LogP contribution in [0.5, 0.6) is 0 Å². The molecule has 1 aliphatic rings. The highest BCUT2D eigenvalue weighted by Crippen LogP contribution is 2.36. The van der Waals surface area contributed by atoms with E-state index in [0.29, 0.717) is 11.0 Å². The summed E-state index contributed by atoms with van der Waals surface area (Å²) in [5.41, 5.74) is 2.15. The van der Waals surface area contributed by atoms with Crippen LogP contribution in [0, 0.1) is 5.41 Å². The van der Waals surface area contributed by atoms with Gasteiger partial charge in [0.2, 0.25) is 0 Å². The van der Waals surface area contributed by atoms with Crippen molar-refractivity contribution >= 4 is 15.9 Å². The number of hydrogen-bond acceptors (Lipinski definition) is 1. The molecule has 1 fully saturated rings. The van der Waals surface area contributed by atoms with Gasteiger partial charge in [-0.15, -0.1) is 0 Å². The predicted octanol–water partition coefficient (Wildman–Crippen LogP) is 4.16. The molecule has 1 aromatic carbocycles. The van der Waals surface area contributed by atoms with E-state index in [2.05, 4.69) is 66.3 Å². The number of halogens is 1. The monoisotopic (exact) mass is 295 g/mol. The van der Waals surface area contributed by atoms with E-state index in [-0.39, 0.29) is 0 Å². The Morgan fingerprint density at radius 3 is 2.53 bits per heavy atom. The second-order valence-electron chi connectivity index (χ2n) is 6.50. The fourth-order valence-electron chi connectivity index (χ4n) is 2.90. The largest absolute Gasteiger partial charge is 0.311 e. The standard InChI is InChI=1S/C15H22BrN/c1-14(2,3)11-15(7-8-17-15)10-12-5-4-6-13(16)9-12/h4-6,9,17H,7-8,10-11H2,1-3H3. The van der Waals surface area contributed by atoms with Gasteiger partial charge in [0.15, 0.2) is 0 Å². The van der Waals surface area contributed by atoms with Crippen LogP contribution in [0.3, 0.4) is 0 Å². The molecule has 1 heterocycles. The third-order valence-corrected chi connectivity index (χ3v) is 3.90. The van der Waals surface area contributed by atoms with Crippen LogP contribution < -0.4 is 5.32 Å². The second-order valence-corrected chi connectivity index (χ2v) is 7.42. The molecule has 94 valence electrons. The van der Waals surface area contributed by atoms with E-state index in [4.69, 9.17) is 0 Å². The summed E-state index contributed by atoms with van der Waals surface area (Å²) in [6, 6.07) is 8.69. The lowest BCUT2D eigenvalue weighted by molar-refractivity contribution is 0.132. The summed E-state index contributed by atoms with van der Waals surface area (Å²) in [4.78, 5) is 0. The highest BCUT2D eigenvalue weighted by atomic mass is 79.9. The molecule has 1 atom stereocenters. The minimum atomic E-state index is 0.332. The summed E-state index contributed by atoms with van der Waals surface area (Å²) in [5, 5.41) is 3.67. The Morgan fingerprint density at radius 1 is 1.35 bits per heavy atom. The van der Waals surface area contributed by atoms with Gasteiger partial charge in [-0.05, 0) is 48.9 Å². The molecule has 0 saturated carbocycles. The molecule has 1 N–H and O–H groups in total. The average Bonchev–Trinajstić information content (AvgIpc) is 2.12. The SMILES string of the molecule is CC(C)(C)CC1(Cc2cccc(Br)c2)CCN1. The lowest BCUT2D eigenvalue weighted by Crippen LogP contribution is -2.59. The smallest absolute Gasteiger partial charge is 0.0238 e. The van der Waals surface area contributed by atoms with Gasteiger partial charge in [-0.25, -0.2) is 0 Å². The molecule has 0 aromatic heterocycles. The Bertz CT molecular complexity index is 388. The van der Waals surface area contributed by atoms with Crippen LogP contribution in [-0.2, 0) is 6.42 Å². The van der Waals surface area contributed by atoms with Crippen LogP contribution in [0.2, 0.25) is 0 Å². The van der Waals surface area contributed by atoms with Gasteiger partial charge >= 0.3 is 0 Å². The number of nitrogens with one attached hydrogen (secondary N) is 1. The van der Waals surface area contributed by atoms with Crippen LogP contribution >= 0.6 is 15.9 Å². The van der Waals surface area contributed by atoms with Gasteiger partial charge in [0, 0.05) is 10.0 Å². The molecule has 2 heteroatoms. The molecule has 2 rings (SSSR count). The molecule has 0 bridgehead atoms. The first-order valence-electron chi connectivity index (χ1n) is 6.38. The van der Waals surface area contributed by atoms with Gasteiger partial charge in [-0.1, -0.05) is 48.8 Å². The van der Waals surface area contributed by atoms with Crippen LogP contribution in [-0.4, -0.2) is 12.1 Å². The van der Waals surface area contributed by atoms with E-state index < -0.39 is 0 Å². The topological polar surface area (TPSA) is 12.0 Å². The molecular weight excluding hydrogens is 274 g/mol. The molecule has 0 amide bonds. The summed E-state index contributed by atoms with van der Waals surface area (Å²) < 4.78 is 1.18. The highest BCUT2D eigenvalue weighted by Gasteiger charge is 2.39. The van der Waals surface area contributed by atoms with Crippen LogP contribution in [0.15, 0.2) is 28.7 Å². The van der Waals surface area contributed by atoms with Crippen LogP contribution in [0.1, 0.15) is 39.2 Å². The molecule has 1 aliphatic heterocycles. The number of hydrogen-bond donors (Lipinski definition) is 1. The molecule has 0 radical (unpaired) electrons. The summed E-state index contributed by atoms with van der Waals surface area (Å²) in [6.45, 7) is 8.16. The summed E-state index contributed by atoms with van der Waals surface area (Å²) >= 11 is 3.55. The van der Waals surface area contributed by atoms with Gasteiger partial charge < -0.3 is 5.32 Å². The van der Waals surface area contributed by atoms with Crippen molar-refractivity contribution in [2.24, 2.45) is 5.41 Å². The maximum absolute atomic E-state index is 3.67. The molecule has 0 spiro atoms. The van der Waals surface area contributed by atoms with Crippen molar-refractivity contribution in [1.29, 1.82) is 0 Å². The van der Waals surface area contributed by atoms with E-state index in [9.17, 15) is 0 Å². The van der Waals surface area contributed by atoms with Gasteiger partial charge in [-0.3, -0.25) is 0 Å². The first kappa shape index (κ1) is 13.1. The van der Waals surface area contributed by atoms with Crippen molar-refractivity contribution in [2.45, 2.75) is 45.6 Å². The predicted molar refractivity (Wildman–Crippen MR) is 77.3 cm³/mol. The number of benzene rings is 1. The van der Waals surface area contributed by atoms with Crippen molar-refractivity contribution in [3.8, 4) is 0 Å². The summed E-state index contributed by atoms with van der Waals surface area (Å²) in [6.07, 6.45) is 3.69. The Kier molecular flexibility index (Phi) is 3.65. The molecule has 1 saturated heterocycles. The average molecular weight is 296 g/mol. The third-order valence-electron chi connectivity index (χ3n) is 3.40. The van der Waals surface area contributed by atoms with E-state index in [0.717, 1.165) is 6.42 Å². The van der Waals surface area contributed by atoms with Crippen LogP contribution in [0.4, 0.5) is 0 Å². The van der Waals surface area contributed by atoms with Crippen molar-refractivity contribution in [3.05, 3.63) is 34.3 Å². The van der Waals surface area contributed by atoms with Crippen molar-refractivity contribution in [1.82, 2.24) is 5.32 Å². The zero-order chi connectivity index (χ0) is 12.5. The molecule has 17 heavy (non-hydrogen) atoms. The van der Waals surface area contributed by atoms with Gasteiger partial charge in [0.05, 0.1) is 0 Å². The molecule has 1 aromatic rings. The summed E-state index contributed by atoms with van der Waals surface area (Å²) in [5.74, 6) is 0. The third kappa shape index (κ3) is 3.56. The van der Waals surface area contributed by atoms with Gasteiger partial charge in [0.1, 0.15) is 0 Å². The molecule has 1 unspecified atom stereocenters.